The van der Waals surface area contributed by atoms with Gasteiger partial charge in [-0.2, -0.15) is 4.98 Å². The summed E-state index contributed by atoms with van der Waals surface area (Å²) in [6, 6.07) is 10.1. The van der Waals surface area contributed by atoms with Gasteiger partial charge in [-0.25, -0.2) is 0 Å². The SMILES string of the molecule is Cc1occc1-c1noc([C@@H]2Cc3ccccc3N2)n1. The molecule has 3 aromatic rings. The van der Waals surface area contributed by atoms with Crippen LogP contribution in [0.2, 0.25) is 0 Å². The van der Waals surface area contributed by atoms with E-state index in [4.69, 9.17) is 8.94 Å². The van der Waals surface area contributed by atoms with Gasteiger partial charge in [-0.15, -0.1) is 0 Å². The number of aromatic nitrogens is 2. The summed E-state index contributed by atoms with van der Waals surface area (Å²) in [6.07, 6.45) is 2.49. The lowest BCUT2D eigenvalue weighted by Crippen LogP contribution is -2.05. The van der Waals surface area contributed by atoms with Crippen molar-refractivity contribution in [3.8, 4) is 11.4 Å². The molecule has 100 valence electrons. The van der Waals surface area contributed by atoms with E-state index < -0.39 is 0 Å². The summed E-state index contributed by atoms with van der Waals surface area (Å²) in [5.41, 5.74) is 3.28. The molecule has 0 radical (unpaired) electrons. The van der Waals surface area contributed by atoms with Crippen LogP contribution in [0.3, 0.4) is 0 Å². The number of para-hydroxylation sites is 1. The summed E-state index contributed by atoms with van der Waals surface area (Å²) in [5.74, 6) is 1.97. The molecular formula is C15H13N3O2. The van der Waals surface area contributed by atoms with E-state index in [1.165, 1.54) is 5.56 Å². The number of fused-ring (bicyclic) bond motifs is 1. The summed E-state index contributed by atoms with van der Waals surface area (Å²) in [7, 11) is 0. The smallest absolute Gasteiger partial charge is 0.249 e. The molecule has 0 fully saturated rings. The minimum atomic E-state index is 0.0425. The fraction of sp³-hybridized carbons (Fsp3) is 0.200. The molecule has 0 aliphatic carbocycles. The molecular weight excluding hydrogens is 254 g/mol. The first-order valence-corrected chi connectivity index (χ1v) is 6.54. The first-order chi connectivity index (χ1) is 9.81. The van der Waals surface area contributed by atoms with Crippen molar-refractivity contribution >= 4 is 5.69 Å². The molecule has 1 atom stereocenters. The Morgan fingerprint density at radius 1 is 1.25 bits per heavy atom. The Kier molecular flexibility index (Phi) is 2.39. The lowest BCUT2D eigenvalue weighted by Gasteiger charge is -2.04. The molecule has 1 aromatic carbocycles. The molecule has 20 heavy (non-hydrogen) atoms. The molecule has 0 spiro atoms. The van der Waals surface area contributed by atoms with Crippen LogP contribution in [0.1, 0.15) is 23.3 Å². The predicted octanol–water partition coefficient (Wildman–Crippen LogP) is 3.35. The van der Waals surface area contributed by atoms with Crippen LogP contribution in [0.5, 0.6) is 0 Å². The van der Waals surface area contributed by atoms with E-state index in [1.54, 1.807) is 6.26 Å². The fourth-order valence-corrected chi connectivity index (χ4v) is 2.55. The molecule has 0 amide bonds. The normalized spacial score (nSPS) is 16.9. The third-order valence-corrected chi connectivity index (χ3v) is 3.61. The molecule has 1 aliphatic rings. The van der Waals surface area contributed by atoms with Gasteiger partial charge in [0.15, 0.2) is 0 Å². The highest BCUT2D eigenvalue weighted by atomic mass is 16.5. The quantitative estimate of drug-likeness (QED) is 0.771. The van der Waals surface area contributed by atoms with Crippen molar-refractivity contribution in [2.24, 2.45) is 0 Å². The highest BCUT2D eigenvalue weighted by molar-refractivity contribution is 5.58. The Morgan fingerprint density at radius 3 is 2.95 bits per heavy atom. The van der Waals surface area contributed by atoms with Crippen molar-refractivity contribution in [2.75, 3.05) is 5.32 Å². The number of nitrogens with zero attached hydrogens (tertiary/aromatic N) is 2. The maximum absolute atomic E-state index is 5.39. The van der Waals surface area contributed by atoms with E-state index >= 15 is 0 Å². The Labute approximate surface area is 115 Å². The summed E-state index contributed by atoms with van der Waals surface area (Å²) >= 11 is 0. The lowest BCUT2D eigenvalue weighted by molar-refractivity contribution is 0.364. The second kappa shape index (κ2) is 4.23. The van der Waals surface area contributed by atoms with Crippen molar-refractivity contribution in [1.29, 1.82) is 0 Å². The second-order valence-corrected chi connectivity index (χ2v) is 4.90. The van der Waals surface area contributed by atoms with Crippen LogP contribution >= 0.6 is 0 Å². The van der Waals surface area contributed by atoms with Gasteiger partial charge < -0.3 is 14.3 Å². The van der Waals surface area contributed by atoms with E-state index in [0.29, 0.717) is 11.7 Å². The zero-order valence-corrected chi connectivity index (χ0v) is 11.0. The highest BCUT2D eigenvalue weighted by Crippen LogP contribution is 2.34. The van der Waals surface area contributed by atoms with Gasteiger partial charge in [-0.3, -0.25) is 0 Å². The molecule has 0 saturated heterocycles. The van der Waals surface area contributed by atoms with Crippen molar-refractivity contribution < 1.29 is 8.94 Å². The summed E-state index contributed by atoms with van der Waals surface area (Å²) in [4.78, 5) is 4.48. The average molecular weight is 267 g/mol. The van der Waals surface area contributed by atoms with Crippen LogP contribution in [0.4, 0.5) is 5.69 Å². The number of aryl methyl sites for hydroxylation is 1. The molecule has 2 aromatic heterocycles. The number of rotatable bonds is 2. The number of benzene rings is 1. The first-order valence-electron chi connectivity index (χ1n) is 6.54. The number of hydrogen-bond donors (Lipinski definition) is 1. The van der Waals surface area contributed by atoms with Gasteiger partial charge in [0, 0.05) is 12.1 Å². The maximum atomic E-state index is 5.39. The van der Waals surface area contributed by atoms with Crippen molar-refractivity contribution in [3.05, 3.63) is 53.8 Å². The molecule has 5 heteroatoms. The van der Waals surface area contributed by atoms with Crippen LogP contribution in [0, 0.1) is 6.92 Å². The third-order valence-electron chi connectivity index (χ3n) is 3.61. The number of furan rings is 1. The van der Waals surface area contributed by atoms with Crippen LogP contribution < -0.4 is 5.32 Å². The predicted molar refractivity (Wildman–Crippen MR) is 73.2 cm³/mol. The highest BCUT2D eigenvalue weighted by Gasteiger charge is 2.27. The van der Waals surface area contributed by atoms with Crippen molar-refractivity contribution in [3.63, 3.8) is 0 Å². The first kappa shape index (κ1) is 11.3. The van der Waals surface area contributed by atoms with Gasteiger partial charge in [0.1, 0.15) is 11.8 Å². The third kappa shape index (κ3) is 1.71. The van der Waals surface area contributed by atoms with E-state index in [1.807, 2.05) is 25.1 Å². The van der Waals surface area contributed by atoms with Gasteiger partial charge in [0.05, 0.1) is 11.8 Å². The molecule has 0 unspecified atom stereocenters. The van der Waals surface area contributed by atoms with Crippen LogP contribution in [0.15, 0.2) is 45.5 Å². The van der Waals surface area contributed by atoms with Gasteiger partial charge in [0.25, 0.3) is 0 Å². The zero-order valence-electron chi connectivity index (χ0n) is 11.0. The molecule has 4 rings (SSSR count). The van der Waals surface area contributed by atoms with E-state index in [0.717, 1.165) is 23.4 Å². The fourth-order valence-electron chi connectivity index (χ4n) is 2.55. The van der Waals surface area contributed by atoms with Crippen molar-refractivity contribution in [2.45, 2.75) is 19.4 Å². The molecule has 0 bridgehead atoms. The molecule has 0 saturated carbocycles. The summed E-state index contributed by atoms with van der Waals surface area (Å²) in [6.45, 7) is 1.88. The van der Waals surface area contributed by atoms with E-state index in [9.17, 15) is 0 Å². The van der Waals surface area contributed by atoms with Crippen LogP contribution in [-0.2, 0) is 6.42 Å². The lowest BCUT2D eigenvalue weighted by atomic mass is 10.1. The summed E-state index contributed by atoms with van der Waals surface area (Å²) in [5, 5.41) is 7.45. The Hall–Kier alpha value is -2.56. The number of hydrogen-bond acceptors (Lipinski definition) is 5. The Balaban J connectivity index is 1.63. The average Bonchev–Trinajstić information content (AvgIpc) is 3.15. The topological polar surface area (TPSA) is 64.1 Å². The van der Waals surface area contributed by atoms with Crippen molar-refractivity contribution in [1.82, 2.24) is 10.1 Å². The van der Waals surface area contributed by atoms with Gasteiger partial charge in [-0.1, -0.05) is 23.4 Å². The monoisotopic (exact) mass is 267 g/mol. The number of nitrogens with one attached hydrogen (secondary N) is 1. The molecule has 5 nitrogen and oxygen atoms in total. The minimum Gasteiger partial charge on any atom is -0.469 e. The van der Waals surface area contributed by atoms with Gasteiger partial charge >= 0.3 is 0 Å². The molecule has 3 heterocycles. The maximum Gasteiger partial charge on any atom is 0.249 e. The second-order valence-electron chi connectivity index (χ2n) is 4.90. The Morgan fingerprint density at radius 2 is 2.15 bits per heavy atom. The largest absolute Gasteiger partial charge is 0.469 e. The zero-order chi connectivity index (χ0) is 13.5. The molecule has 1 aliphatic heterocycles. The number of anilines is 1. The summed E-state index contributed by atoms with van der Waals surface area (Å²) < 4.78 is 10.7. The standard InChI is InChI=1S/C15H13N3O2/c1-9-11(6-7-19-9)14-17-15(20-18-14)13-8-10-4-2-3-5-12(10)16-13/h2-7,13,16H,8H2,1H3/t13-/m0/s1. The van der Waals surface area contributed by atoms with Crippen LogP contribution in [-0.4, -0.2) is 10.1 Å². The van der Waals surface area contributed by atoms with Crippen LogP contribution in [0.25, 0.3) is 11.4 Å². The van der Waals surface area contributed by atoms with E-state index in [-0.39, 0.29) is 6.04 Å². The molecule has 1 N–H and O–H groups in total. The minimum absolute atomic E-state index is 0.0425. The van der Waals surface area contributed by atoms with E-state index in [2.05, 4.69) is 27.6 Å². The van der Waals surface area contributed by atoms with Gasteiger partial charge in [0.2, 0.25) is 11.7 Å². The van der Waals surface area contributed by atoms with Gasteiger partial charge in [-0.05, 0) is 24.6 Å². The Bertz CT molecular complexity index is 735.